The molecule has 2 unspecified atom stereocenters. The summed E-state index contributed by atoms with van der Waals surface area (Å²) in [6.07, 6.45) is 8.99. The van der Waals surface area contributed by atoms with Crippen LogP contribution in [0.15, 0.2) is 0 Å². The van der Waals surface area contributed by atoms with Gasteiger partial charge >= 0.3 is 0 Å². The minimum Gasteiger partial charge on any atom is -0.393 e. The van der Waals surface area contributed by atoms with Crippen LogP contribution < -0.4 is 0 Å². The van der Waals surface area contributed by atoms with Crippen molar-refractivity contribution in [1.82, 2.24) is 0 Å². The molecule has 4 fully saturated rings. The van der Waals surface area contributed by atoms with Crippen molar-refractivity contribution < 1.29 is 15.3 Å². The maximum atomic E-state index is 11.3. The Bertz CT molecular complexity index is 505. The summed E-state index contributed by atoms with van der Waals surface area (Å²) in [5.74, 6) is 2.69. The highest BCUT2D eigenvalue weighted by Crippen LogP contribution is 2.68. The Hall–Kier alpha value is -0.120. The van der Waals surface area contributed by atoms with Crippen molar-refractivity contribution in [2.24, 2.45) is 34.5 Å². The van der Waals surface area contributed by atoms with Crippen molar-refractivity contribution in [2.45, 2.75) is 96.4 Å². The third-order valence-corrected chi connectivity index (χ3v) is 9.54. The van der Waals surface area contributed by atoms with E-state index < -0.39 is 11.7 Å². The SMILES string of the molecule is CC(O)[C@@]1(O)CC[C@H]2[C@@H]3CC[C@@H]4CC(O)CC[C@]4(C)[C@H]3CC[C@@]21C. The predicted octanol–water partition coefficient (Wildman–Crippen LogP) is 3.50. The van der Waals surface area contributed by atoms with Crippen LogP contribution in [0.25, 0.3) is 0 Å². The van der Waals surface area contributed by atoms with Gasteiger partial charge in [-0.3, -0.25) is 0 Å². The zero-order valence-electron chi connectivity index (χ0n) is 15.7. The van der Waals surface area contributed by atoms with Gasteiger partial charge in [-0.15, -0.1) is 0 Å². The van der Waals surface area contributed by atoms with E-state index in [0.29, 0.717) is 23.2 Å². The van der Waals surface area contributed by atoms with E-state index in [2.05, 4.69) is 13.8 Å². The van der Waals surface area contributed by atoms with E-state index in [-0.39, 0.29) is 11.5 Å². The fourth-order valence-corrected chi connectivity index (χ4v) is 7.97. The average Bonchev–Trinajstić information content (AvgIpc) is 2.81. The van der Waals surface area contributed by atoms with Gasteiger partial charge in [0.15, 0.2) is 0 Å². The van der Waals surface area contributed by atoms with Crippen molar-refractivity contribution in [3.63, 3.8) is 0 Å². The Kier molecular flexibility index (Phi) is 3.92. The second-order valence-corrected chi connectivity index (χ2v) is 10.2. The summed E-state index contributed by atoms with van der Waals surface area (Å²) in [5, 5.41) is 31.7. The number of fused-ring (bicyclic) bond motifs is 5. The Balaban J connectivity index is 1.63. The fourth-order valence-electron chi connectivity index (χ4n) is 7.97. The first kappa shape index (κ1) is 17.3. The van der Waals surface area contributed by atoms with Gasteiger partial charge in [-0.2, -0.15) is 0 Å². The van der Waals surface area contributed by atoms with Crippen LogP contribution in [0.5, 0.6) is 0 Å². The number of aliphatic hydroxyl groups is 3. The molecule has 0 radical (unpaired) electrons. The zero-order chi connectivity index (χ0) is 17.3. The molecule has 0 saturated heterocycles. The predicted molar refractivity (Wildman–Crippen MR) is 94.4 cm³/mol. The third-order valence-electron chi connectivity index (χ3n) is 9.54. The Labute approximate surface area is 146 Å². The van der Waals surface area contributed by atoms with Crippen LogP contribution >= 0.6 is 0 Å². The van der Waals surface area contributed by atoms with Gasteiger partial charge in [0.05, 0.1) is 17.8 Å². The van der Waals surface area contributed by atoms with Crippen LogP contribution in [-0.4, -0.2) is 33.1 Å². The minimum absolute atomic E-state index is 0.0831. The summed E-state index contributed by atoms with van der Waals surface area (Å²) < 4.78 is 0. The minimum atomic E-state index is -0.900. The van der Waals surface area contributed by atoms with E-state index >= 15 is 0 Å². The summed E-state index contributed by atoms with van der Waals surface area (Å²) >= 11 is 0. The van der Waals surface area contributed by atoms with Crippen molar-refractivity contribution in [2.75, 3.05) is 0 Å². The third kappa shape index (κ3) is 2.07. The lowest BCUT2D eigenvalue weighted by Gasteiger charge is -2.61. The molecule has 4 saturated carbocycles. The lowest BCUT2D eigenvalue weighted by atomic mass is 9.44. The molecule has 9 atom stereocenters. The highest BCUT2D eigenvalue weighted by molar-refractivity contribution is 5.15. The molecule has 0 heterocycles. The molecule has 0 aromatic rings. The quantitative estimate of drug-likeness (QED) is 0.687. The first-order valence-electron chi connectivity index (χ1n) is 10.3. The molecule has 0 aromatic carbocycles. The van der Waals surface area contributed by atoms with E-state index in [1.807, 2.05) is 0 Å². The Morgan fingerprint density at radius 3 is 2.33 bits per heavy atom. The molecular weight excluding hydrogens is 300 g/mol. The van der Waals surface area contributed by atoms with Crippen LogP contribution in [0, 0.1) is 34.5 Å². The molecule has 4 aliphatic carbocycles. The van der Waals surface area contributed by atoms with Gasteiger partial charge in [0.1, 0.15) is 0 Å². The van der Waals surface area contributed by atoms with E-state index in [4.69, 9.17) is 0 Å². The zero-order valence-corrected chi connectivity index (χ0v) is 15.7. The Morgan fingerprint density at radius 1 is 0.917 bits per heavy atom. The molecule has 0 aromatic heterocycles. The molecule has 3 heteroatoms. The van der Waals surface area contributed by atoms with Gasteiger partial charge in [-0.25, -0.2) is 0 Å². The monoisotopic (exact) mass is 336 g/mol. The van der Waals surface area contributed by atoms with Crippen LogP contribution in [0.2, 0.25) is 0 Å². The second kappa shape index (κ2) is 5.44. The van der Waals surface area contributed by atoms with Crippen molar-refractivity contribution in [3.05, 3.63) is 0 Å². The lowest BCUT2D eigenvalue weighted by molar-refractivity contribution is -0.186. The lowest BCUT2D eigenvalue weighted by Crippen LogP contribution is -2.59. The molecule has 4 rings (SSSR count). The van der Waals surface area contributed by atoms with Crippen LogP contribution in [0.3, 0.4) is 0 Å². The number of aliphatic hydroxyl groups excluding tert-OH is 2. The van der Waals surface area contributed by atoms with Gasteiger partial charge < -0.3 is 15.3 Å². The molecule has 3 N–H and O–H groups in total. The van der Waals surface area contributed by atoms with Gasteiger partial charge in [-0.05, 0) is 93.8 Å². The standard InChI is InChI=1S/C21H36O3/c1-13(22)21(24)11-8-18-16-5-4-14-12-15(23)6-9-19(14,2)17(16)7-10-20(18,21)3/h13-18,22-24H,4-12H2,1-3H3/t13?,14-,15?,16-,17+,18+,19+,20+,21+/m1/s1. The van der Waals surface area contributed by atoms with Gasteiger partial charge in [0, 0.05) is 5.41 Å². The smallest absolute Gasteiger partial charge is 0.0958 e. The Morgan fingerprint density at radius 2 is 1.62 bits per heavy atom. The van der Waals surface area contributed by atoms with Gasteiger partial charge in [0.25, 0.3) is 0 Å². The summed E-state index contributed by atoms with van der Waals surface area (Å²) in [4.78, 5) is 0. The molecular formula is C21H36O3. The van der Waals surface area contributed by atoms with Crippen molar-refractivity contribution >= 4 is 0 Å². The van der Waals surface area contributed by atoms with Crippen LogP contribution in [0.4, 0.5) is 0 Å². The summed E-state index contributed by atoms with van der Waals surface area (Å²) in [7, 11) is 0. The molecule has 0 bridgehead atoms. The second-order valence-electron chi connectivity index (χ2n) is 10.2. The first-order chi connectivity index (χ1) is 11.2. The summed E-state index contributed by atoms with van der Waals surface area (Å²) in [6.45, 7) is 6.53. The molecule has 0 amide bonds. The molecule has 0 spiro atoms. The molecule has 138 valence electrons. The maximum absolute atomic E-state index is 11.3. The van der Waals surface area contributed by atoms with Crippen molar-refractivity contribution in [1.29, 1.82) is 0 Å². The number of hydrogen-bond acceptors (Lipinski definition) is 3. The van der Waals surface area contributed by atoms with E-state index in [9.17, 15) is 15.3 Å². The van der Waals surface area contributed by atoms with E-state index in [0.717, 1.165) is 38.0 Å². The summed E-state index contributed by atoms with van der Waals surface area (Å²) in [6, 6.07) is 0. The van der Waals surface area contributed by atoms with E-state index in [1.54, 1.807) is 6.92 Å². The number of rotatable bonds is 1. The first-order valence-corrected chi connectivity index (χ1v) is 10.3. The van der Waals surface area contributed by atoms with Crippen LogP contribution in [0.1, 0.15) is 78.6 Å². The molecule has 24 heavy (non-hydrogen) atoms. The van der Waals surface area contributed by atoms with Crippen molar-refractivity contribution in [3.8, 4) is 0 Å². The van der Waals surface area contributed by atoms with Gasteiger partial charge in [0.2, 0.25) is 0 Å². The summed E-state index contributed by atoms with van der Waals surface area (Å²) in [5.41, 5.74) is -0.641. The van der Waals surface area contributed by atoms with E-state index in [1.165, 1.54) is 25.7 Å². The highest BCUT2D eigenvalue weighted by Gasteiger charge is 2.65. The maximum Gasteiger partial charge on any atom is 0.0958 e. The molecule has 3 nitrogen and oxygen atoms in total. The topological polar surface area (TPSA) is 60.7 Å². The normalized spacial score (nSPS) is 58.5. The average molecular weight is 337 g/mol. The largest absolute Gasteiger partial charge is 0.393 e. The number of hydrogen-bond donors (Lipinski definition) is 3. The molecule has 4 aliphatic rings. The van der Waals surface area contributed by atoms with Crippen LogP contribution in [-0.2, 0) is 0 Å². The fraction of sp³-hybridized carbons (Fsp3) is 1.00. The van der Waals surface area contributed by atoms with Gasteiger partial charge in [-0.1, -0.05) is 13.8 Å². The highest BCUT2D eigenvalue weighted by atomic mass is 16.3. The molecule has 0 aliphatic heterocycles.